The Labute approximate surface area is 158 Å². The second-order valence-corrected chi connectivity index (χ2v) is 5.09. The molecule has 2 aromatic rings. The highest BCUT2D eigenvalue weighted by atomic mass is 127. The first kappa shape index (κ1) is 19.9. The minimum atomic E-state index is -0.374. The summed E-state index contributed by atoms with van der Waals surface area (Å²) in [6.45, 7) is 3.04. The van der Waals surface area contributed by atoms with Gasteiger partial charge in [0.2, 0.25) is 0 Å². The Balaban J connectivity index is 0.00000288. The molecule has 0 saturated carbocycles. The van der Waals surface area contributed by atoms with Crippen molar-refractivity contribution in [3.05, 3.63) is 75.3 Å². The molecule has 0 radical (unpaired) electrons. The van der Waals surface area contributed by atoms with Gasteiger partial charge in [-0.3, -0.25) is 15.1 Å². The van der Waals surface area contributed by atoms with E-state index in [0.29, 0.717) is 24.6 Å². The van der Waals surface area contributed by atoms with Crippen molar-refractivity contribution in [3.8, 4) is 0 Å². The number of nitrogens with one attached hydrogen (secondary N) is 2. The molecule has 0 heterocycles. The van der Waals surface area contributed by atoms with E-state index >= 15 is 0 Å². The quantitative estimate of drug-likeness (QED) is 0.246. The summed E-state index contributed by atoms with van der Waals surface area (Å²) in [6.07, 6.45) is 0. The largest absolute Gasteiger partial charge is 0.352 e. The minimum absolute atomic E-state index is 0. The van der Waals surface area contributed by atoms with E-state index in [2.05, 4.69) is 34.7 Å². The van der Waals surface area contributed by atoms with Gasteiger partial charge in [0.1, 0.15) is 0 Å². The molecule has 0 fully saturated rings. The van der Waals surface area contributed by atoms with Crippen LogP contribution in [0, 0.1) is 17.0 Å². The van der Waals surface area contributed by atoms with E-state index in [1.54, 1.807) is 25.2 Å². The van der Waals surface area contributed by atoms with E-state index in [0.717, 1.165) is 0 Å². The van der Waals surface area contributed by atoms with Gasteiger partial charge in [-0.1, -0.05) is 42.5 Å². The van der Waals surface area contributed by atoms with Crippen LogP contribution in [0.15, 0.2) is 53.5 Å². The van der Waals surface area contributed by atoms with Crippen molar-refractivity contribution < 1.29 is 4.92 Å². The number of hydrogen-bond acceptors (Lipinski definition) is 3. The predicted octanol–water partition coefficient (Wildman–Crippen LogP) is 3.39. The zero-order valence-corrected chi connectivity index (χ0v) is 16.0. The molecule has 2 aromatic carbocycles. The molecular weight excluding hydrogens is 419 g/mol. The lowest BCUT2D eigenvalue weighted by Crippen LogP contribution is -2.36. The fourth-order valence-electron chi connectivity index (χ4n) is 2.23. The Bertz CT molecular complexity index is 719. The van der Waals surface area contributed by atoms with Crippen LogP contribution in [0.4, 0.5) is 5.69 Å². The van der Waals surface area contributed by atoms with Crippen molar-refractivity contribution in [2.45, 2.75) is 20.0 Å². The highest BCUT2D eigenvalue weighted by Crippen LogP contribution is 2.17. The molecule has 0 spiro atoms. The third kappa shape index (κ3) is 5.48. The van der Waals surface area contributed by atoms with Gasteiger partial charge < -0.3 is 10.6 Å². The number of hydrogen-bond donors (Lipinski definition) is 2. The predicted molar refractivity (Wildman–Crippen MR) is 107 cm³/mol. The van der Waals surface area contributed by atoms with E-state index in [9.17, 15) is 10.1 Å². The average molecular weight is 440 g/mol. The van der Waals surface area contributed by atoms with E-state index < -0.39 is 0 Å². The number of guanidine groups is 1. The fraction of sp³-hybridized carbons (Fsp3) is 0.235. The molecule has 0 atom stereocenters. The van der Waals surface area contributed by atoms with Crippen molar-refractivity contribution in [1.82, 2.24) is 10.6 Å². The summed E-state index contributed by atoms with van der Waals surface area (Å²) < 4.78 is 0. The lowest BCUT2D eigenvalue weighted by Gasteiger charge is -2.13. The molecule has 0 aliphatic heterocycles. The first-order valence-electron chi connectivity index (χ1n) is 7.33. The maximum Gasteiger partial charge on any atom is 0.274 e. The molecule has 24 heavy (non-hydrogen) atoms. The number of nitro benzene ring substituents is 1. The number of para-hydroxylation sites is 1. The summed E-state index contributed by atoms with van der Waals surface area (Å²) in [6, 6.07) is 14.8. The summed E-state index contributed by atoms with van der Waals surface area (Å²) in [4.78, 5) is 14.8. The number of aryl methyl sites for hydroxylation is 1. The number of halogens is 1. The van der Waals surface area contributed by atoms with Gasteiger partial charge in [0.05, 0.1) is 4.92 Å². The lowest BCUT2D eigenvalue weighted by molar-refractivity contribution is -0.385. The molecule has 0 aliphatic carbocycles. The normalized spacial score (nSPS) is 10.7. The van der Waals surface area contributed by atoms with Gasteiger partial charge in [-0.15, -0.1) is 24.0 Å². The summed E-state index contributed by atoms with van der Waals surface area (Å²) in [5.74, 6) is 0.603. The number of nitro groups is 1. The monoisotopic (exact) mass is 440 g/mol. The Morgan fingerprint density at radius 2 is 1.58 bits per heavy atom. The van der Waals surface area contributed by atoms with Crippen molar-refractivity contribution >= 4 is 35.6 Å². The molecule has 0 amide bonds. The van der Waals surface area contributed by atoms with Crippen LogP contribution < -0.4 is 10.6 Å². The zero-order valence-electron chi connectivity index (χ0n) is 13.7. The van der Waals surface area contributed by atoms with Gasteiger partial charge in [0, 0.05) is 31.8 Å². The summed E-state index contributed by atoms with van der Waals surface area (Å²) in [5.41, 5.74) is 3.11. The maximum atomic E-state index is 11.0. The Morgan fingerprint density at radius 1 is 1.04 bits per heavy atom. The van der Waals surface area contributed by atoms with E-state index in [-0.39, 0.29) is 34.6 Å². The molecule has 0 saturated heterocycles. The molecule has 0 unspecified atom stereocenters. The second-order valence-electron chi connectivity index (χ2n) is 5.09. The van der Waals surface area contributed by atoms with Crippen molar-refractivity contribution in [2.75, 3.05) is 7.05 Å². The summed E-state index contributed by atoms with van der Waals surface area (Å²) >= 11 is 0. The van der Waals surface area contributed by atoms with E-state index in [1.165, 1.54) is 17.2 Å². The van der Waals surface area contributed by atoms with E-state index in [4.69, 9.17) is 0 Å². The zero-order chi connectivity index (χ0) is 16.7. The van der Waals surface area contributed by atoms with Gasteiger partial charge >= 0.3 is 0 Å². The molecule has 2 rings (SSSR count). The molecule has 2 N–H and O–H groups in total. The third-order valence-corrected chi connectivity index (χ3v) is 3.57. The molecular formula is C17H21IN4O2. The van der Waals surface area contributed by atoms with Crippen LogP contribution in [-0.2, 0) is 13.1 Å². The number of benzene rings is 2. The Morgan fingerprint density at radius 3 is 2.17 bits per heavy atom. The average Bonchev–Trinajstić information content (AvgIpc) is 2.56. The molecule has 0 bridgehead atoms. The van der Waals surface area contributed by atoms with Crippen molar-refractivity contribution in [3.63, 3.8) is 0 Å². The van der Waals surface area contributed by atoms with Gasteiger partial charge in [-0.2, -0.15) is 0 Å². The second kappa shape index (κ2) is 9.86. The molecule has 0 aromatic heterocycles. The van der Waals surface area contributed by atoms with Crippen LogP contribution in [-0.4, -0.2) is 17.9 Å². The van der Waals surface area contributed by atoms with Crippen LogP contribution in [0.25, 0.3) is 0 Å². The molecule has 0 aliphatic rings. The molecule has 128 valence electrons. The van der Waals surface area contributed by atoms with Crippen LogP contribution >= 0.6 is 24.0 Å². The summed E-state index contributed by atoms with van der Waals surface area (Å²) in [7, 11) is 1.67. The smallest absolute Gasteiger partial charge is 0.274 e. The molecule has 6 nitrogen and oxygen atoms in total. The van der Waals surface area contributed by atoms with Gasteiger partial charge in [-0.05, 0) is 18.1 Å². The third-order valence-electron chi connectivity index (χ3n) is 3.57. The van der Waals surface area contributed by atoms with Crippen LogP contribution in [0.5, 0.6) is 0 Å². The highest BCUT2D eigenvalue weighted by molar-refractivity contribution is 14.0. The van der Waals surface area contributed by atoms with E-state index in [1.807, 2.05) is 12.1 Å². The van der Waals surface area contributed by atoms with Crippen molar-refractivity contribution in [2.24, 2.45) is 4.99 Å². The van der Waals surface area contributed by atoms with Crippen LogP contribution in [0.2, 0.25) is 0 Å². The Hall–Kier alpha value is -2.16. The first-order chi connectivity index (χ1) is 11.1. The first-order valence-corrected chi connectivity index (χ1v) is 7.33. The van der Waals surface area contributed by atoms with Gasteiger partial charge in [0.15, 0.2) is 5.96 Å². The number of aliphatic imine (C=N–C) groups is 1. The van der Waals surface area contributed by atoms with Gasteiger partial charge in [-0.25, -0.2) is 0 Å². The topological polar surface area (TPSA) is 79.6 Å². The number of rotatable bonds is 5. The maximum absolute atomic E-state index is 11.0. The molecule has 7 heteroatoms. The fourth-order valence-corrected chi connectivity index (χ4v) is 2.23. The van der Waals surface area contributed by atoms with Crippen LogP contribution in [0.1, 0.15) is 16.7 Å². The van der Waals surface area contributed by atoms with Crippen molar-refractivity contribution in [1.29, 1.82) is 0 Å². The van der Waals surface area contributed by atoms with Gasteiger partial charge in [0.25, 0.3) is 5.69 Å². The SMILES string of the molecule is CN=C(NCc1ccccc1C)NCc1ccccc1[N+](=O)[O-].I. The lowest BCUT2D eigenvalue weighted by atomic mass is 10.1. The minimum Gasteiger partial charge on any atom is -0.352 e. The standard InChI is InChI=1S/C17H20N4O2.HI/c1-13-7-3-4-8-14(13)11-19-17(18-2)20-12-15-9-5-6-10-16(15)21(22)23;/h3-10H,11-12H2,1-2H3,(H2,18,19,20);1H. The highest BCUT2D eigenvalue weighted by Gasteiger charge is 2.12. The van der Waals surface area contributed by atoms with Crippen LogP contribution in [0.3, 0.4) is 0 Å². The number of nitrogens with zero attached hydrogens (tertiary/aromatic N) is 2. The summed E-state index contributed by atoms with van der Waals surface area (Å²) in [5, 5.41) is 17.3. The Kier molecular flexibility index (Phi) is 8.17.